The number of esters is 1. The van der Waals surface area contributed by atoms with Crippen molar-refractivity contribution in [3.63, 3.8) is 0 Å². The van der Waals surface area contributed by atoms with E-state index in [1.807, 2.05) is 61.5 Å². The summed E-state index contributed by atoms with van der Waals surface area (Å²) < 4.78 is 10.4. The summed E-state index contributed by atoms with van der Waals surface area (Å²) in [6, 6.07) is 19.3. The number of nitrogens with zero attached hydrogens (tertiary/aromatic N) is 2. The molecule has 6 nitrogen and oxygen atoms in total. The SMILES string of the molecule is CCOC(=O)/C=C1\[C@H](C)[C@@H](c2ccc(OC)cc2)C(C#N)=C(N)N1c1ccccc1. The average molecular weight is 403 g/mol. The number of rotatable bonds is 5. The first-order valence-electron chi connectivity index (χ1n) is 9.79. The topological polar surface area (TPSA) is 88.6 Å². The Bertz CT molecular complexity index is 1000. The molecule has 0 aromatic heterocycles. The van der Waals surface area contributed by atoms with Crippen LogP contribution in [-0.2, 0) is 9.53 Å². The van der Waals surface area contributed by atoms with E-state index in [0.717, 1.165) is 17.0 Å². The minimum absolute atomic E-state index is 0.204. The van der Waals surface area contributed by atoms with Gasteiger partial charge in [0, 0.05) is 29.3 Å². The maximum Gasteiger partial charge on any atom is 0.332 e. The molecule has 0 saturated heterocycles. The number of benzene rings is 2. The molecular weight excluding hydrogens is 378 g/mol. The van der Waals surface area contributed by atoms with Gasteiger partial charge in [-0.3, -0.25) is 4.90 Å². The summed E-state index contributed by atoms with van der Waals surface area (Å²) in [4.78, 5) is 14.1. The van der Waals surface area contributed by atoms with E-state index in [1.165, 1.54) is 6.08 Å². The predicted octanol–water partition coefficient (Wildman–Crippen LogP) is 4.08. The third-order valence-corrected chi connectivity index (χ3v) is 5.21. The molecule has 0 aliphatic carbocycles. The minimum atomic E-state index is -0.443. The van der Waals surface area contributed by atoms with Crippen LogP contribution in [0.1, 0.15) is 25.3 Å². The van der Waals surface area contributed by atoms with Gasteiger partial charge in [-0.1, -0.05) is 37.3 Å². The van der Waals surface area contributed by atoms with E-state index in [1.54, 1.807) is 18.9 Å². The number of ether oxygens (including phenoxy) is 2. The van der Waals surface area contributed by atoms with Crippen molar-refractivity contribution in [2.45, 2.75) is 19.8 Å². The molecule has 0 fully saturated rings. The molecular formula is C24H25N3O3. The lowest BCUT2D eigenvalue weighted by molar-refractivity contribution is -0.137. The van der Waals surface area contributed by atoms with Crippen LogP contribution in [-0.4, -0.2) is 19.7 Å². The summed E-state index contributed by atoms with van der Waals surface area (Å²) in [7, 11) is 1.61. The fraction of sp³-hybridized carbons (Fsp3) is 0.250. The number of nitrogens with two attached hydrogens (primary N) is 1. The van der Waals surface area contributed by atoms with Gasteiger partial charge in [0.1, 0.15) is 11.6 Å². The van der Waals surface area contributed by atoms with Gasteiger partial charge < -0.3 is 15.2 Å². The van der Waals surface area contributed by atoms with Crippen LogP contribution in [0.2, 0.25) is 0 Å². The number of anilines is 1. The van der Waals surface area contributed by atoms with Crippen LogP contribution in [0.5, 0.6) is 5.75 Å². The van der Waals surface area contributed by atoms with Crippen molar-refractivity contribution >= 4 is 11.7 Å². The van der Waals surface area contributed by atoms with Crippen LogP contribution < -0.4 is 15.4 Å². The zero-order chi connectivity index (χ0) is 21.7. The van der Waals surface area contributed by atoms with Crippen LogP contribution in [0.3, 0.4) is 0 Å². The highest BCUT2D eigenvalue weighted by atomic mass is 16.5. The number of carbonyl (C=O) groups excluding carboxylic acids is 1. The molecule has 0 unspecified atom stereocenters. The Kier molecular flexibility index (Phi) is 6.43. The van der Waals surface area contributed by atoms with Crippen molar-refractivity contribution < 1.29 is 14.3 Å². The maximum absolute atomic E-state index is 12.4. The van der Waals surface area contributed by atoms with Crippen molar-refractivity contribution in [3.05, 3.63) is 83.3 Å². The quantitative estimate of drug-likeness (QED) is 0.598. The smallest absolute Gasteiger partial charge is 0.332 e. The van der Waals surface area contributed by atoms with Gasteiger partial charge in [0.2, 0.25) is 0 Å². The summed E-state index contributed by atoms with van der Waals surface area (Å²) in [6.45, 7) is 4.02. The molecule has 0 amide bonds. The largest absolute Gasteiger partial charge is 0.497 e. The van der Waals surface area contributed by atoms with Crippen LogP contribution in [0, 0.1) is 17.2 Å². The minimum Gasteiger partial charge on any atom is -0.497 e. The first kappa shape index (κ1) is 21.0. The molecule has 6 heteroatoms. The number of hydrogen-bond acceptors (Lipinski definition) is 6. The molecule has 0 spiro atoms. The Morgan fingerprint density at radius 2 is 1.87 bits per heavy atom. The lowest BCUT2D eigenvalue weighted by Gasteiger charge is -2.40. The highest BCUT2D eigenvalue weighted by Crippen LogP contribution is 2.45. The van der Waals surface area contributed by atoms with Crippen molar-refractivity contribution in [2.75, 3.05) is 18.6 Å². The summed E-state index contributed by atoms with van der Waals surface area (Å²) in [5.74, 6) is 0.0810. The Morgan fingerprint density at radius 3 is 2.43 bits per heavy atom. The van der Waals surface area contributed by atoms with Gasteiger partial charge in [-0.25, -0.2) is 4.79 Å². The predicted molar refractivity (Wildman–Crippen MR) is 115 cm³/mol. The van der Waals surface area contributed by atoms with E-state index < -0.39 is 5.97 Å². The Hall–Kier alpha value is -3.72. The zero-order valence-electron chi connectivity index (χ0n) is 17.3. The number of methoxy groups -OCH3 is 1. The maximum atomic E-state index is 12.4. The van der Waals surface area contributed by atoms with E-state index in [0.29, 0.717) is 17.1 Å². The molecule has 3 rings (SSSR count). The van der Waals surface area contributed by atoms with E-state index in [9.17, 15) is 10.1 Å². The number of nitriles is 1. The van der Waals surface area contributed by atoms with E-state index >= 15 is 0 Å². The molecule has 0 bridgehead atoms. The molecule has 2 aromatic rings. The summed E-state index contributed by atoms with van der Waals surface area (Å²) in [5.41, 5.74) is 9.35. The number of hydrogen-bond donors (Lipinski definition) is 1. The fourth-order valence-electron chi connectivity index (χ4n) is 3.80. The number of carbonyl (C=O) groups is 1. The molecule has 2 N–H and O–H groups in total. The van der Waals surface area contributed by atoms with Crippen molar-refractivity contribution in [2.24, 2.45) is 11.7 Å². The monoisotopic (exact) mass is 403 g/mol. The Morgan fingerprint density at radius 1 is 1.20 bits per heavy atom. The van der Waals surface area contributed by atoms with E-state index in [-0.39, 0.29) is 18.4 Å². The first-order chi connectivity index (χ1) is 14.5. The van der Waals surface area contributed by atoms with Crippen molar-refractivity contribution in [3.8, 4) is 11.8 Å². The summed E-state index contributed by atoms with van der Waals surface area (Å²) in [6.07, 6.45) is 1.47. The van der Waals surface area contributed by atoms with Gasteiger partial charge in [-0.15, -0.1) is 0 Å². The van der Waals surface area contributed by atoms with Crippen LogP contribution in [0.15, 0.2) is 77.8 Å². The molecule has 1 aliphatic rings. The molecule has 30 heavy (non-hydrogen) atoms. The van der Waals surface area contributed by atoms with Crippen molar-refractivity contribution in [1.29, 1.82) is 5.26 Å². The lowest BCUT2D eigenvalue weighted by Crippen LogP contribution is -2.39. The summed E-state index contributed by atoms with van der Waals surface area (Å²) in [5, 5.41) is 9.98. The highest BCUT2D eigenvalue weighted by molar-refractivity contribution is 5.85. The molecule has 1 aliphatic heterocycles. The second-order valence-corrected chi connectivity index (χ2v) is 6.94. The normalized spacial score (nSPS) is 20.1. The highest BCUT2D eigenvalue weighted by Gasteiger charge is 2.38. The number of para-hydroxylation sites is 1. The van der Waals surface area contributed by atoms with Crippen LogP contribution >= 0.6 is 0 Å². The van der Waals surface area contributed by atoms with Gasteiger partial charge in [0.25, 0.3) is 0 Å². The van der Waals surface area contributed by atoms with E-state index in [2.05, 4.69) is 6.07 Å². The first-order valence-corrected chi connectivity index (χ1v) is 9.79. The van der Waals surface area contributed by atoms with Gasteiger partial charge >= 0.3 is 5.97 Å². The van der Waals surface area contributed by atoms with Gasteiger partial charge in [-0.2, -0.15) is 5.26 Å². The molecule has 2 aromatic carbocycles. The summed E-state index contributed by atoms with van der Waals surface area (Å²) >= 11 is 0. The Labute approximate surface area is 176 Å². The van der Waals surface area contributed by atoms with Crippen LogP contribution in [0.25, 0.3) is 0 Å². The fourth-order valence-corrected chi connectivity index (χ4v) is 3.80. The molecule has 0 radical (unpaired) electrons. The third kappa shape index (κ3) is 4.01. The van der Waals surface area contributed by atoms with Gasteiger partial charge in [0.15, 0.2) is 0 Å². The standard InChI is InChI=1S/C24H25N3O3/c1-4-30-22(28)14-21-16(2)23(17-10-12-19(29-3)13-11-17)20(15-25)24(26)27(21)18-8-6-5-7-9-18/h5-14,16,23H,4,26H2,1-3H3/b21-14+/t16-,23-/m0/s1. The van der Waals surface area contributed by atoms with Crippen molar-refractivity contribution in [1.82, 2.24) is 0 Å². The van der Waals surface area contributed by atoms with Crippen LogP contribution in [0.4, 0.5) is 5.69 Å². The zero-order valence-corrected chi connectivity index (χ0v) is 17.3. The second kappa shape index (κ2) is 9.19. The van der Waals surface area contributed by atoms with E-state index in [4.69, 9.17) is 15.2 Å². The molecule has 1 heterocycles. The molecule has 154 valence electrons. The van der Waals surface area contributed by atoms with Gasteiger partial charge in [-0.05, 0) is 36.8 Å². The van der Waals surface area contributed by atoms with Gasteiger partial charge in [0.05, 0.1) is 25.4 Å². The molecule has 0 saturated carbocycles. The lowest BCUT2D eigenvalue weighted by atomic mass is 9.76. The second-order valence-electron chi connectivity index (χ2n) is 6.94. The molecule has 2 atom stereocenters. The Balaban J connectivity index is 2.19. The number of allylic oxidation sites excluding steroid dienone is 2. The third-order valence-electron chi connectivity index (χ3n) is 5.21. The average Bonchev–Trinajstić information content (AvgIpc) is 2.77.